The molecule has 0 aliphatic rings. The molecule has 4 nitrogen and oxygen atoms in total. The molecule has 0 saturated heterocycles. The number of aliphatic hydroxyl groups excluding tert-OH is 1. The molecule has 3 rings (SSSR count). The molecule has 4 heteroatoms. The predicted molar refractivity (Wildman–Crippen MR) is 182 cm³/mol. The summed E-state index contributed by atoms with van der Waals surface area (Å²) < 4.78 is 12.2. The lowest BCUT2D eigenvalue weighted by atomic mass is 9.98. The van der Waals surface area contributed by atoms with Gasteiger partial charge in [0.2, 0.25) is 0 Å². The molecule has 0 unspecified atom stereocenters. The van der Waals surface area contributed by atoms with Gasteiger partial charge in [0.15, 0.2) is 0 Å². The summed E-state index contributed by atoms with van der Waals surface area (Å²) in [6, 6.07) is 28.5. The molecule has 0 fully saturated rings. The lowest BCUT2D eigenvalue weighted by molar-refractivity contribution is -0.124. The SMILES string of the molecule is CCCCCCCCCCCCC[C@@H](O)CC(=O)C[C@@H](CCc1ccc(OCc2ccccc2)cc1)OCc1ccccc1. The third kappa shape index (κ3) is 16.2. The standard InChI is InChI=1S/C40H56O4/c1-2-3-4-5-6-7-8-9-10-11-18-23-37(41)30-38(42)31-40(44-33-36-21-16-13-17-22-36)29-26-34-24-27-39(28-25-34)43-32-35-19-14-12-15-20-35/h12-17,19-22,24-25,27-28,37,40-41H,2-11,18,23,26,29-33H2,1H3/t37-,40-/m1/s1. The van der Waals surface area contributed by atoms with Gasteiger partial charge in [0.25, 0.3) is 0 Å². The summed E-state index contributed by atoms with van der Waals surface area (Å²) in [6.07, 6.45) is 16.2. The fourth-order valence-electron chi connectivity index (χ4n) is 5.60. The predicted octanol–water partition coefficient (Wildman–Crippen LogP) is 10.2. The van der Waals surface area contributed by atoms with Gasteiger partial charge in [-0.25, -0.2) is 0 Å². The normalized spacial score (nSPS) is 12.6. The number of ketones is 1. The highest BCUT2D eigenvalue weighted by atomic mass is 16.5. The van der Waals surface area contributed by atoms with E-state index in [0.29, 0.717) is 26.1 Å². The van der Waals surface area contributed by atoms with Crippen molar-refractivity contribution in [2.24, 2.45) is 0 Å². The Kier molecular flexibility index (Phi) is 18.2. The maximum atomic E-state index is 13.0. The summed E-state index contributed by atoms with van der Waals surface area (Å²) in [5.41, 5.74) is 3.43. The second-order valence-corrected chi connectivity index (χ2v) is 12.3. The average molecular weight is 601 g/mol. The van der Waals surface area contributed by atoms with Crippen LogP contribution >= 0.6 is 0 Å². The Bertz CT molecular complexity index is 1110. The fraction of sp³-hybridized carbons (Fsp3) is 0.525. The Hall–Kier alpha value is -2.95. The van der Waals surface area contributed by atoms with Crippen LogP contribution in [-0.2, 0) is 29.2 Å². The van der Waals surface area contributed by atoms with E-state index in [1.807, 2.05) is 60.7 Å². The minimum Gasteiger partial charge on any atom is -0.489 e. The first-order chi connectivity index (χ1) is 21.6. The Balaban J connectivity index is 1.36. The van der Waals surface area contributed by atoms with E-state index in [-0.39, 0.29) is 18.3 Å². The molecule has 44 heavy (non-hydrogen) atoms. The van der Waals surface area contributed by atoms with Gasteiger partial charge < -0.3 is 14.6 Å². The van der Waals surface area contributed by atoms with Gasteiger partial charge in [-0.3, -0.25) is 4.79 Å². The first-order valence-electron chi connectivity index (χ1n) is 17.2. The van der Waals surface area contributed by atoms with E-state index in [1.165, 1.54) is 63.4 Å². The minimum atomic E-state index is -0.556. The van der Waals surface area contributed by atoms with Gasteiger partial charge >= 0.3 is 0 Å². The van der Waals surface area contributed by atoms with Gasteiger partial charge in [-0.15, -0.1) is 0 Å². The van der Waals surface area contributed by atoms with Gasteiger partial charge in [0, 0.05) is 12.8 Å². The van der Waals surface area contributed by atoms with Crippen LogP contribution in [0.1, 0.15) is 120 Å². The maximum Gasteiger partial charge on any atom is 0.138 e. The van der Waals surface area contributed by atoms with Crippen LogP contribution in [0.15, 0.2) is 84.9 Å². The number of aryl methyl sites for hydroxylation is 1. The van der Waals surface area contributed by atoms with E-state index >= 15 is 0 Å². The Morgan fingerprint density at radius 1 is 0.614 bits per heavy atom. The Labute approximate surface area is 267 Å². The van der Waals surface area contributed by atoms with Crippen LogP contribution in [0.4, 0.5) is 0 Å². The number of carbonyl (C=O) groups is 1. The molecular weight excluding hydrogens is 544 g/mol. The van der Waals surface area contributed by atoms with E-state index in [4.69, 9.17) is 9.47 Å². The zero-order chi connectivity index (χ0) is 31.1. The molecule has 0 spiro atoms. The molecule has 0 aliphatic heterocycles. The zero-order valence-corrected chi connectivity index (χ0v) is 27.1. The summed E-state index contributed by atoms with van der Waals surface area (Å²) in [5.74, 6) is 0.930. The second-order valence-electron chi connectivity index (χ2n) is 12.3. The maximum absolute atomic E-state index is 13.0. The molecule has 0 heterocycles. The van der Waals surface area contributed by atoms with Crippen molar-refractivity contribution in [1.82, 2.24) is 0 Å². The van der Waals surface area contributed by atoms with Crippen LogP contribution in [0, 0.1) is 0 Å². The monoisotopic (exact) mass is 600 g/mol. The van der Waals surface area contributed by atoms with Crippen LogP contribution in [0.25, 0.3) is 0 Å². The van der Waals surface area contributed by atoms with E-state index in [0.717, 1.165) is 42.6 Å². The summed E-state index contributed by atoms with van der Waals surface area (Å²) in [6.45, 7) is 3.28. The topological polar surface area (TPSA) is 55.8 Å². The molecule has 0 aromatic heterocycles. The van der Waals surface area contributed by atoms with Crippen LogP contribution in [0.5, 0.6) is 5.75 Å². The van der Waals surface area contributed by atoms with E-state index in [9.17, 15) is 9.90 Å². The third-order valence-corrected chi connectivity index (χ3v) is 8.31. The van der Waals surface area contributed by atoms with Crippen molar-refractivity contribution in [1.29, 1.82) is 0 Å². The molecule has 3 aromatic carbocycles. The van der Waals surface area contributed by atoms with E-state index < -0.39 is 6.10 Å². The third-order valence-electron chi connectivity index (χ3n) is 8.31. The highest BCUT2D eigenvalue weighted by Crippen LogP contribution is 2.19. The zero-order valence-electron chi connectivity index (χ0n) is 27.1. The number of aliphatic hydroxyl groups is 1. The highest BCUT2D eigenvalue weighted by molar-refractivity contribution is 5.79. The Morgan fingerprint density at radius 3 is 1.75 bits per heavy atom. The van der Waals surface area contributed by atoms with Crippen molar-refractivity contribution >= 4 is 5.78 Å². The van der Waals surface area contributed by atoms with Gasteiger partial charge in [0.1, 0.15) is 18.1 Å². The van der Waals surface area contributed by atoms with Crippen molar-refractivity contribution < 1.29 is 19.4 Å². The molecule has 240 valence electrons. The van der Waals surface area contributed by atoms with E-state index in [1.54, 1.807) is 0 Å². The molecule has 0 radical (unpaired) electrons. The van der Waals surface area contributed by atoms with Crippen molar-refractivity contribution in [3.05, 3.63) is 102 Å². The second kappa shape index (κ2) is 22.5. The van der Waals surface area contributed by atoms with Crippen molar-refractivity contribution in [3.63, 3.8) is 0 Å². The highest BCUT2D eigenvalue weighted by Gasteiger charge is 2.18. The first-order valence-corrected chi connectivity index (χ1v) is 17.2. The molecule has 0 saturated carbocycles. The van der Waals surface area contributed by atoms with Crippen molar-refractivity contribution in [2.75, 3.05) is 0 Å². The molecular formula is C40H56O4. The van der Waals surface area contributed by atoms with Crippen molar-refractivity contribution in [3.8, 4) is 5.75 Å². The molecule has 0 bridgehead atoms. The molecule has 3 aromatic rings. The van der Waals surface area contributed by atoms with E-state index in [2.05, 4.69) is 31.2 Å². The molecule has 2 atom stereocenters. The number of unbranched alkanes of at least 4 members (excludes halogenated alkanes) is 10. The number of rotatable bonds is 25. The minimum absolute atomic E-state index is 0.0864. The molecule has 0 aliphatic carbocycles. The summed E-state index contributed by atoms with van der Waals surface area (Å²) in [4.78, 5) is 13.0. The van der Waals surface area contributed by atoms with Gasteiger partial charge in [-0.2, -0.15) is 0 Å². The number of carbonyl (C=O) groups excluding carboxylic acids is 1. The van der Waals surface area contributed by atoms with Crippen LogP contribution < -0.4 is 4.74 Å². The smallest absolute Gasteiger partial charge is 0.138 e. The lowest BCUT2D eigenvalue weighted by Gasteiger charge is -2.19. The van der Waals surface area contributed by atoms with Crippen LogP contribution in [-0.4, -0.2) is 23.1 Å². The summed E-state index contributed by atoms with van der Waals surface area (Å²) >= 11 is 0. The number of hydrogen-bond acceptors (Lipinski definition) is 4. The number of benzene rings is 3. The first kappa shape index (κ1) is 35.5. The quantitative estimate of drug-likeness (QED) is 0.0983. The Morgan fingerprint density at radius 2 is 1.16 bits per heavy atom. The van der Waals surface area contributed by atoms with Gasteiger partial charge in [-0.05, 0) is 48.1 Å². The lowest BCUT2D eigenvalue weighted by Crippen LogP contribution is -2.22. The average Bonchev–Trinajstić information content (AvgIpc) is 3.05. The van der Waals surface area contributed by atoms with Crippen LogP contribution in [0.3, 0.4) is 0 Å². The summed E-state index contributed by atoms with van der Waals surface area (Å²) in [7, 11) is 0. The van der Waals surface area contributed by atoms with Gasteiger partial charge in [-0.1, -0.05) is 150 Å². The number of hydrogen-bond donors (Lipinski definition) is 1. The summed E-state index contributed by atoms with van der Waals surface area (Å²) in [5, 5.41) is 10.6. The number of Topliss-reactive ketones (excluding diaryl/α,β-unsaturated/α-hetero) is 1. The molecule has 1 N–H and O–H groups in total. The largest absolute Gasteiger partial charge is 0.489 e. The number of ether oxygens (including phenoxy) is 2. The van der Waals surface area contributed by atoms with Crippen molar-refractivity contribution in [2.45, 2.75) is 135 Å². The van der Waals surface area contributed by atoms with Crippen LogP contribution in [0.2, 0.25) is 0 Å². The van der Waals surface area contributed by atoms with Gasteiger partial charge in [0.05, 0.1) is 18.8 Å². The fourth-order valence-corrected chi connectivity index (χ4v) is 5.60. The molecule has 0 amide bonds.